The van der Waals surface area contributed by atoms with Crippen molar-refractivity contribution in [3.63, 3.8) is 0 Å². The topological polar surface area (TPSA) is 32.6 Å². The largest absolute Gasteiger partial charge is 0.345 e. The van der Waals surface area contributed by atoms with E-state index in [9.17, 15) is 5.11 Å². The van der Waals surface area contributed by atoms with E-state index in [1.807, 2.05) is 13.1 Å². The van der Waals surface area contributed by atoms with Crippen molar-refractivity contribution in [1.82, 2.24) is 0 Å². The molecule has 0 aromatic carbocycles. The first-order valence-corrected chi connectivity index (χ1v) is 7.88. The van der Waals surface area contributed by atoms with Gasteiger partial charge in [-0.2, -0.15) is 0 Å². The fourth-order valence-corrected chi connectivity index (χ4v) is 2.89. The molecule has 3 nitrogen and oxygen atoms in total. The summed E-state index contributed by atoms with van der Waals surface area (Å²) in [5, 5.41) is 10.1. The Morgan fingerprint density at radius 1 is 1.32 bits per heavy atom. The van der Waals surface area contributed by atoms with Crippen LogP contribution in [0.5, 0.6) is 0 Å². The summed E-state index contributed by atoms with van der Waals surface area (Å²) < 4.78 is 0.722. The second kappa shape index (κ2) is 8.49. The molecule has 19 heavy (non-hydrogen) atoms. The number of allylic oxidation sites excluding steroid dienone is 2. The highest BCUT2D eigenvalue weighted by Crippen LogP contribution is 2.26. The molecular formula is C16H31N2O+. The molecule has 0 bridgehead atoms. The highest BCUT2D eigenvalue weighted by Gasteiger charge is 2.41. The van der Waals surface area contributed by atoms with E-state index in [-0.39, 0.29) is 12.4 Å². The second-order valence-electron chi connectivity index (χ2n) is 5.59. The van der Waals surface area contributed by atoms with Gasteiger partial charge in [-0.25, -0.2) is 4.99 Å². The first kappa shape index (κ1) is 16.4. The number of rotatable bonds is 9. The number of aliphatic hydroxyl groups excluding tert-OH is 1. The minimum absolute atomic E-state index is 0.258. The Morgan fingerprint density at radius 2 is 2.00 bits per heavy atom. The quantitative estimate of drug-likeness (QED) is 0.387. The molecule has 0 aromatic rings. The molecule has 110 valence electrons. The Balaban J connectivity index is 2.32. The summed E-state index contributed by atoms with van der Waals surface area (Å²) >= 11 is 0. The first-order chi connectivity index (χ1) is 9.17. The molecular weight excluding hydrogens is 236 g/mol. The van der Waals surface area contributed by atoms with Gasteiger partial charge in [-0.1, -0.05) is 31.9 Å². The van der Waals surface area contributed by atoms with Gasteiger partial charge in [0, 0.05) is 13.3 Å². The third-order valence-corrected chi connectivity index (χ3v) is 4.35. The number of aliphatic imine (C=N–C) groups is 1. The van der Waals surface area contributed by atoms with Crippen LogP contribution >= 0.6 is 0 Å². The van der Waals surface area contributed by atoms with Gasteiger partial charge in [-0.05, 0) is 26.2 Å². The van der Waals surface area contributed by atoms with Crippen LogP contribution in [0.15, 0.2) is 17.1 Å². The lowest BCUT2D eigenvalue weighted by atomic mass is 10.1. The molecule has 0 aromatic heterocycles. The van der Waals surface area contributed by atoms with Gasteiger partial charge in [-0.3, -0.25) is 4.48 Å². The number of quaternary nitrogens is 1. The van der Waals surface area contributed by atoms with E-state index in [1.165, 1.54) is 19.3 Å². The van der Waals surface area contributed by atoms with Gasteiger partial charge in [0.2, 0.25) is 0 Å². The summed E-state index contributed by atoms with van der Waals surface area (Å²) in [7, 11) is 0. The first-order valence-electron chi connectivity index (χ1n) is 7.88. The average molecular weight is 267 g/mol. The summed E-state index contributed by atoms with van der Waals surface area (Å²) in [6, 6.07) is 0. The van der Waals surface area contributed by atoms with Crippen LogP contribution in [0.1, 0.15) is 59.3 Å². The molecule has 0 aliphatic carbocycles. The average Bonchev–Trinajstić information content (AvgIpc) is 2.82. The summed E-state index contributed by atoms with van der Waals surface area (Å²) in [5.41, 5.74) is 0. The summed E-state index contributed by atoms with van der Waals surface area (Å²) in [6.07, 6.45) is 13.7. The Kier molecular flexibility index (Phi) is 7.32. The molecule has 0 radical (unpaired) electrons. The molecule has 0 saturated heterocycles. The molecule has 1 N–H and O–H groups in total. The van der Waals surface area contributed by atoms with Gasteiger partial charge in [0.1, 0.15) is 6.54 Å². The van der Waals surface area contributed by atoms with E-state index in [4.69, 9.17) is 0 Å². The zero-order chi connectivity index (χ0) is 14.1. The van der Waals surface area contributed by atoms with Crippen molar-refractivity contribution >= 4 is 6.21 Å². The predicted octanol–water partition coefficient (Wildman–Crippen LogP) is 3.49. The maximum Gasteiger partial charge on any atom is 0.189 e. The molecule has 0 fully saturated rings. The van der Waals surface area contributed by atoms with E-state index in [0.29, 0.717) is 0 Å². The maximum absolute atomic E-state index is 10.1. The van der Waals surface area contributed by atoms with Crippen molar-refractivity contribution in [3.8, 4) is 0 Å². The van der Waals surface area contributed by atoms with Crippen molar-refractivity contribution < 1.29 is 9.59 Å². The van der Waals surface area contributed by atoms with E-state index >= 15 is 0 Å². The minimum Gasteiger partial charge on any atom is -0.345 e. The number of aliphatic hydroxyl groups is 1. The van der Waals surface area contributed by atoms with Gasteiger partial charge in [-0.15, -0.1) is 0 Å². The zero-order valence-electron chi connectivity index (χ0n) is 12.9. The lowest BCUT2D eigenvalue weighted by Crippen LogP contribution is -2.57. The summed E-state index contributed by atoms with van der Waals surface area (Å²) in [6.45, 7) is 8.11. The maximum atomic E-state index is 10.1. The fourth-order valence-electron chi connectivity index (χ4n) is 2.89. The highest BCUT2D eigenvalue weighted by atomic mass is 16.3. The SMILES string of the molecule is CCCC/C=C/CCCC1N=CC[N+]1(CC)C(C)O. The molecule has 3 unspecified atom stereocenters. The van der Waals surface area contributed by atoms with Crippen molar-refractivity contribution in [3.05, 3.63) is 12.2 Å². The molecule has 0 saturated carbocycles. The minimum atomic E-state index is -0.322. The van der Waals surface area contributed by atoms with Crippen molar-refractivity contribution in [2.75, 3.05) is 13.1 Å². The second-order valence-corrected chi connectivity index (χ2v) is 5.59. The smallest absolute Gasteiger partial charge is 0.189 e. The van der Waals surface area contributed by atoms with Crippen LogP contribution in [0.2, 0.25) is 0 Å². The number of unbranched alkanes of at least 4 members (excludes halogenated alkanes) is 3. The van der Waals surface area contributed by atoms with Crippen molar-refractivity contribution in [2.45, 2.75) is 71.7 Å². The Bertz CT molecular complexity index is 299. The lowest BCUT2D eigenvalue weighted by molar-refractivity contribution is -0.976. The number of nitrogens with zero attached hydrogens (tertiary/aromatic N) is 2. The van der Waals surface area contributed by atoms with Gasteiger partial charge >= 0.3 is 0 Å². The third-order valence-electron chi connectivity index (χ3n) is 4.35. The van der Waals surface area contributed by atoms with Crippen molar-refractivity contribution in [2.24, 2.45) is 4.99 Å². The van der Waals surface area contributed by atoms with Gasteiger partial charge in [0.15, 0.2) is 12.4 Å². The van der Waals surface area contributed by atoms with Crippen LogP contribution in [0.4, 0.5) is 0 Å². The van der Waals surface area contributed by atoms with Crippen LogP contribution in [0, 0.1) is 0 Å². The molecule has 1 rings (SSSR count). The zero-order valence-corrected chi connectivity index (χ0v) is 12.9. The van der Waals surface area contributed by atoms with Gasteiger partial charge in [0.25, 0.3) is 0 Å². The molecule has 1 heterocycles. The van der Waals surface area contributed by atoms with Gasteiger partial charge in [0.05, 0.1) is 12.8 Å². The summed E-state index contributed by atoms with van der Waals surface area (Å²) in [4.78, 5) is 4.59. The normalized spacial score (nSPS) is 28.3. The molecule has 3 heteroatoms. The Morgan fingerprint density at radius 3 is 2.58 bits per heavy atom. The number of hydrogen-bond acceptors (Lipinski definition) is 2. The van der Waals surface area contributed by atoms with Crippen LogP contribution in [0.25, 0.3) is 0 Å². The van der Waals surface area contributed by atoms with Crippen LogP contribution in [-0.2, 0) is 0 Å². The molecule has 0 spiro atoms. The predicted molar refractivity (Wildman–Crippen MR) is 82.1 cm³/mol. The Hall–Kier alpha value is -0.670. The number of hydrogen-bond donors (Lipinski definition) is 1. The van der Waals surface area contributed by atoms with Crippen LogP contribution in [-0.4, -0.2) is 41.3 Å². The standard InChI is InChI=1S/C16H31N2O/c1-4-6-7-8-9-10-11-12-16-17-13-14-18(16,5-2)15(3)19/h8-9,13,15-16,19H,4-7,10-12,14H2,1-3H3/q+1/b9-8+. The van der Waals surface area contributed by atoms with E-state index < -0.39 is 0 Å². The van der Waals surface area contributed by atoms with Crippen molar-refractivity contribution in [1.29, 1.82) is 0 Å². The molecule has 3 atom stereocenters. The molecule has 1 aliphatic rings. The van der Waals surface area contributed by atoms with Crippen LogP contribution in [0.3, 0.4) is 0 Å². The highest BCUT2D eigenvalue weighted by molar-refractivity contribution is 5.60. The molecule has 1 aliphatic heterocycles. The van der Waals surface area contributed by atoms with E-state index in [0.717, 1.165) is 36.8 Å². The lowest BCUT2D eigenvalue weighted by Gasteiger charge is -2.40. The fraction of sp³-hybridized carbons (Fsp3) is 0.812. The monoisotopic (exact) mass is 267 g/mol. The van der Waals surface area contributed by atoms with E-state index in [1.54, 1.807) is 0 Å². The van der Waals surface area contributed by atoms with E-state index in [2.05, 4.69) is 31.0 Å². The third kappa shape index (κ3) is 4.43. The Labute approximate surface area is 118 Å². The van der Waals surface area contributed by atoms with Gasteiger partial charge < -0.3 is 5.11 Å². The summed E-state index contributed by atoms with van der Waals surface area (Å²) in [5.74, 6) is 0. The molecule has 0 amide bonds. The van der Waals surface area contributed by atoms with Crippen LogP contribution < -0.4 is 0 Å².